The Kier molecular flexibility index (Phi) is 4.79. The van der Waals surface area contributed by atoms with Crippen molar-refractivity contribution in [3.05, 3.63) is 71.2 Å². The first kappa shape index (κ1) is 17.3. The summed E-state index contributed by atoms with van der Waals surface area (Å²) in [5, 5.41) is 10.3. The number of aliphatic hydroxyl groups excluding tert-OH is 1. The second-order valence-electron chi connectivity index (χ2n) is 5.39. The summed E-state index contributed by atoms with van der Waals surface area (Å²) >= 11 is 0. The van der Waals surface area contributed by atoms with E-state index in [1.807, 2.05) is 0 Å². The Bertz CT molecular complexity index is 914. The lowest BCUT2D eigenvalue weighted by Gasteiger charge is -2.04. The summed E-state index contributed by atoms with van der Waals surface area (Å²) in [4.78, 5) is 28.6. The molecule has 1 N–H and O–H groups in total. The third kappa shape index (κ3) is 3.46. The van der Waals surface area contributed by atoms with Crippen molar-refractivity contribution < 1.29 is 28.6 Å². The van der Waals surface area contributed by atoms with Crippen molar-refractivity contribution in [1.29, 1.82) is 0 Å². The van der Waals surface area contributed by atoms with Gasteiger partial charge in [0.05, 0.1) is 18.5 Å². The Hall–Kier alpha value is -3.48. The molecule has 0 amide bonds. The minimum atomic E-state index is -0.842. The number of Topliss-reactive ketones (excluding diaryl/α,β-unsaturated/α-hetero) is 1. The van der Waals surface area contributed by atoms with E-state index in [-0.39, 0.29) is 23.5 Å². The SMILES string of the molecule is COc1ccc(C(=O)/C(O)=C2\C(=O)OCC2=Nc2ccc(F)cc2)cc1. The number of cyclic esters (lactones) is 1. The maximum Gasteiger partial charge on any atom is 0.344 e. The number of ketones is 1. The van der Waals surface area contributed by atoms with Gasteiger partial charge in [0.25, 0.3) is 0 Å². The summed E-state index contributed by atoms with van der Waals surface area (Å²) in [6.45, 7) is -0.189. The zero-order valence-corrected chi connectivity index (χ0v) is 13.7. The van der Waals surface area contributed by atoms with Crippen LogP contribution in [0.1, 0.15) is 10.4 Å². The molecule has 1 fully saturated rings. The molecular formula is C19H14FNO5. The Morgan fingerprint density at radius 1 is 1.15 bits per heavy atom. The van der Waals surface area contributed by atoms with E-state index in [0.29, 0.717) is 11.4 Å². The third-order valence-corrected chi connectivity index (χ3v) is 3.73. The van der Waals surface area contributed by atoms with Gasteiger partial charge in [0, 0.05) is 5.56 Å². The number of hydrogen-bond acceptors (Lipinski definition) is 6. The highest BCUT2D eigenvalue weighted by molar-refractivity contribution is 6.29. The zero-order chi connectivity index (χ0) is 18.7. The molecule has 0 radical (unpaired) electrons. The van der Waals surface area contributed by atoms with Crippen molar-refractivity contribution in [1.82, 2.24) is 0 Å². The van der Waals surface area contributed by atoms with E-state index in [0.717, 1.165) is 0 Å². The van der Waals surface area contributed by atoms with E-state index < -0.39 is 23.3 Å². The molecule has 0 atom stereocenters. The molecule has 1 aliphatic heterocycles. The second-order valence-corrected chi connectivity index (χ2v) is 5.39. The number of aliphatic hydroxyl groups is 1. The molecule has 0 bridgehead atoms. The zero-order valence-electron chi connectivity index (χ0n) is 13.7. The first-order valence-electron chi connectivity index (χ1n) is 7.62. The maximum absolute atomic E-state index is 13.0. The van der Waals surface area contributed by atoms with Crippen LogP contribution in [0.25, 0.3) is 0 Å². The van der Waals surface area contributed by atoms with Crippen LogP contribution in [-0.4, -0.2) is 36.3 Å². The molecule has 2 aromatic rings. The summed E-state index contributed by atoms with van der Waals surface area (Å²) in [5.74, 6) is -2.22. The van der Waals surface area contributed by atoms with Crippen molar-refractivity contribution in [2.24, 2.45) is 4.99 Å². The fraction of sp³-hybridized carbons (Fsp3) is 0.105. The first-order valence-corrected chi connectivity index (χ1v) is 7.62. The van der Waals surface area contributed by atoms with Crippen molar-refractivity contribution in [2.45, 2.75) is 0 Å². The number of hydrogen-bond donors (Lipinski definition) is 1. The number of ether oxygens (including phenoxy) is 2. The van der Waals surface area contributed by atoms with Gasteiger partial charge in [0.2, 0.25) is 5.78 Å². The molecule has 7 heteroatoms. The van der Waals surface area contributed by atoms with Crippen molar-refractivity contribution in [3.63, 3.8) is 0 Å². The van der Waals surface area contributed by atoms with E-state index in [1.165, 1.54) is 43.5 Å². The number of carbonyl (C=O) groups is 2. The number of esters is 1. The van der Waals surface area contributed by atoms with Gasteiger partial charge in [-0.05, 0) is 48.5 Å². The second kappa shape index (κ2) is 7.18. The Labute approximate surface area is 148 Å². The highest BCUT2D eigenvalue weighted by Crippen LogP contribution is 2.23. The standard InChI is InChI=1S/C19H14FNO5/c1-25-14-8-2-11(3-9-14)17(22)18(23)16-15(10-26-19(16)24)21-13-6-4-12(20)5-7-13/h2-9,23H,10H2,1H3/b18-16+,21-15?. The summed E-state index contributed by atoms with van der Waals surface area (Å²) in [6.07, 6.45) is 0. The van der Waals surface area contributed by atoms with Gasteiger partial charge in [-0.1, -0.05) is 0 Å². The number of aliphatic imine (C=N–C) groups is 1. The van der Waals surface area contributed by atoms with E-state index in [2.05, 4.69) is 4.99 Å². The molecule has 0 aliphatic carbocycles. The lowest BCUT2D eigenvalue weighted by Crippen LogP contribution is -2.13. The van der Waals surface area contributed by atoms with Crippen LogP contribution in [0, 0.1) is 5.82 Å². The van der Waals surface area contributed by atoms with E-state index in [4.69, 9.17) is 9.47 Å². The molecule has 1 heterocycles. The predicted molar refractivity (Wildman–Crippen MR) is 91.4 cm³/mol. The summed E-state index contributed by atoms with van der Waals surface area (Å²) in [6, 6.07) is 11.3. The number of rotatable bonds is 4. The van der Waals surface area contributed by atoms with Gasteiger partial charge in [0.15, 0.2) is 5.76 Å². The lowest BCUT2D eigenvalue weighted by atomic mass is 10.0. The molecule has 26 heavy (non-hydrogen) atoms. The van der Waals surface area contributed by atoms with Crippen LogP contribution >= 0.6 is 0 Å². The van der Waals surface area contributed by atoms with E-state index in [1.54, 1.807) is 12.1 Å². The monoisotopic (exact) mass is 355 g/mol. The van der Waals surface area contributed by atoms with Gasteiger partial charge in [-0.3, -0.25) is 4.79 Å². The maximum atomic E-state index is 13.0. The Balaban J connectivity index is 1.97. The van der Waals surface area contributed by atoms with Gasteiger partial charge >= 0.3 is 5.97 Å². The molecule has 0 spiro atoms. The normalized spacial score (nSPS) is 17.2. The minimum absolute atomic E-state index is 0.0981. The third-order valence-electron chi connectivity index (χ3n) is 3.73. The van der Waals surface area contributed by atoms with Crippen molar-refractivity contribution in [3.8, 4) is 5.75 Å². The highest BCUT2D eigenvalue weighted by atomic mass is 19.1. The van der Waals surface area contributed by atoms with Crippen molar-refractivity contribution >= 4 is 23.2 Å². The van der Waals surface area contributed by atoms with Gasteiger partial charge < -0.3 is 14.6 Å². The molecule has 132 valence electrons. The summed E-state index contributed by atoms with van der Waals surface area (Å²) < 4.78 is 22.9. The number of halogens is 1. The quantitative estimate of drug-likeness (QED) is 0.394. The molecule has 0 unspecified atom stereocenters. The van der Waals surface area contributed by atoms with Crippen LogP contribution in [0.15, 0.2) is 64.9 Å². The fourth-order valence-electron chi connectivity index (χ4n) is 2.38. The fourth-order valence-corrected chi connectivity index (χ4v) is 2.38. The minimum Gasteiger partial charge on any atom is -0.503 e. The Morgan fingerprint density at radius 3 is 2.42 bits per heavy atom. The van der Waals surface area contributed by atoms with Crippen LogP contribution < -0.4 is 4.74 Å². The smallest absolute Gasteiger partial charge is 0.344 e. The molecule has 0 aromatic heterocycles. The molecule has 1 saturated heterocycles. The Morgan fingerprint density at radius 2 is 1.81 bits per heavy atom. The number of methoxy groups -OCH3 is 1. The van der Waals surface area contributed by atoms with E-state index >= 15 is 0 Å². The van der Waals surface area contributed by atoms with Gasteiger partial charge in [0.1, 0.15) is 23.7 Å². The van der Waals surface area contributed by atoms with Gasteiger partial charge in [-0.2, -0.15) is 0 Å². The molecular weight excluding hydrogens is 341 g/mol. The molecule has 0 saturated carbocycles. The van der Waals surface area contributed by atoms with Crippen LogP contribution in [0.4, 0.5) is 10.1 Å². The first-order chi connectivity index (χ1) is 12.5. The number of carbonyl (C=O) groups excluding carboxylic acids is 2. The van der Waals surface area contributed by atoms with Gasteiger partial charge in [-0.15, -0.1) is 0 Å². The van der Waals surface area contributed by atoms with Crippen molar-refractivity contribution in [2.75, 3.05) is 13.7 Å². The number of allylic oxidation sites excluding steroid dienone is 1. The van der Waals surface area contributed by atoms with Gasteiger partial charge in [-0.25, -0.2) is 14.2 Å². The number of benzene rings is 2. The number of nitrogens with zero attached hydrogens (tertiary/aromatic N) is 1. The average Bonchev–Trinajstić information content (AvgIpc) is 3.02. The topological polar surface area (TPSA) is 85.2 Å². The molecule has 6 nitrogen and oxygen atoms in total. The average molecular weight is 355 g/mol. The summed E-state index contributed by atoms with van der Waals surface area (Å²) in [5.41, 5.74) is 0.342. The van der Waals surface area contributed by atoms with Crippen LogP contribution in [0.3, 0.4) is 0 Å². The lowest BCUT2D eigenvalue weighted by molar-refractivity contribution is -0.135. The molecule has 3 rings (SSSR count). The van der Waals surface area contributed by atoms with Crippen LogP contribution in [0.5, 0.6) is 5.75 Å². The van der Waals surface area contributed by atoms with E-state index in [9.17, 15) is 19.1 Å². The summed E-state index contributed by atoms with van der Waals surface area (Å²) in [7, 11) is 1.49. The predicted octanol–water partition coefficient (Wildman–Crippen LogP) is 3.16. The largest absolute Gasteiger partial charge is 0.503 e. The van der Waals surface area contributed by atoms with Crippen LogP contribution in [0.2, 0.25) is 0 Å². The molecule has 1 aliphatic rings. The highest BCUT2D eigenvalue weighted by Gasteiger charge is 2.33. The molecule has 2 aromatic carbocycles. The van der Waals surface area contributed by atoms with Crippen LogP contribution in [-0.2, 0) is 9.53 Å².